The smallest absolute Gasteiger partial charge is 0.253 e. The molecule has 0 bridgehead atoms. The Hall–Kier alpha value is -2.20. The molecule has 1 aliphatic rings. The van der Waals surface area contributed by atoms with Crippen LogP contribution in [0.1, 0.15) is 22.3 Å². The Morgan fingerprint density at radius 1 is 0.913 bits per heavy atom. The fourth-order valence-corrected chi connectivity index (χ4v) is 2.95. The number of rotatable bonds is 3. The Morgan fingerprint density at radius 3 is 2.39 bits per heavy atom. The summed E-state index contributed by atoms with van der Waals surface area (Å²) in [5, 5.41) is 0. The Balaban J connectivity index is 1.59. The topological polar surface area (TPSA) is 23.6 Å². The normalized spacial score (nSPS) is 16.1. The van der Waals surface area contributed by atoms with Crippen molar-refractivity contribution in [3.8, 4) is 0 Å². The van der Waals surface area contributed by atoms with Gasteiger partial charge >= 0.3 is 0 Å². The summed E-state index contributed by atoms with van der Waals surface area (Å²) in [6, 6.07) is 16.2. The molecular formula is C19H21FN2O. The minimum atomic E-state index is -0.313. The molecule has 0 spiro atoms. The molecule has 1 amide bonds. The van der Waals surface area contributed by atoms with Gasteiger partial charge in [-0.05, 0) is 36.2 Å². The van der Waals surface area contributed by atoms with Gasteiger partial charge < -0.3 is 4.90 Å². The van der Waals surface area contributed by atoms with E-state index in [1.165, 1.54) is 17.7 Å². The summed E-state index contributed by atoms with van der Waals surface area (Å²) in [6.45, 7) is 4.23. The van der Waals surface area contributed by atoms with Gasteiger partial charge in [0.2, 0.25) is 0 Å². The number of carbonyl (C=O) groups excluding carboxylic acids is 1. The van der Waals surface area contributed by atoms with Crippen molar-refractivity contribution in [2.45, 2.75) is 13.0 Å². The van der Waals surface area contributed by atoms with Crippen LogP contribution in [0.4, 0.5) is 4.39 Å². The first-order valence-electron chi connectivity index (χ1n) is 8.03. The highest BCUT2D eigenvalue weighted by atomic mass is 19.1. The summed E-state index contributed by atoms with van der Waals surface area (Å²) in [7, 11) is 0. The predicted octanol–water partition coefficient (Wildman–Crippen LogP) is 3.17. The van der Waals surface area contributed by atoms with Crippen LogP contribution in [0.25, 0.3) is 0 Å². The average molecular weight is 312 g/mol. The van der Waals surface area contributed by atoms with Gasteiger partial charge in [0.05, 0.1) is 0 Å². The molecule has 1 heterocycles. The zero-order valence-corrected chi connectivity index (χ0v) is 13.1. The third-order valence-electron chi connectivity index (χ3n) is 4.22. The lowest BCUT2D eigenvalue weighted by Crippen LogP contribution is -2.35. The third-order valence-corrected chi connectivity index (χ3v) is 4.22. The van der Waals surface area contributed by atoms with Crippen molar-refractivity contribution < 1.29 is 9.18 Å². The second kappa shape index (κ2) is 7.38. The summed E-state index contributed by atoms with van der Waals surface area (Å²) in [6.07, 6.45) is 0.958. The van der Waals surface area contributed by atoms with Gasteiger partial charge in [-0.2, -0.15) is 0 Å². The van der Waals surface area contributed by atoms with Crippen LogP contribution in [0.15, 0.2) is 54.6 Å². The highest BCUT2D eigenvalue weighted by Crippen LogP contribution is 2.12. The van der Waals surface area contributed by atoms with Crippen molar-refractivity contribution in [1.82, 2.24) is 9.80 Å². The Bertz CT molecular complexity index is 642. The molecular weight excluding hydrogens is 291 g/mol. The van der Waals surface area contributed by atoms with Gasteiger partial charge in [-0.25, -0.2) is 4.39 Å². The molecule has 0 aromatic heterocycles. The Morgan fingerprint density at radius 2 is 1.65 bits per heavy atom. The fourth-order valence-electron chi connectivity index (χ4n) is 2.95. The van der Waals surface area contributed by atoms with Crippen LogP contribution in [0.5, 0.6) is 0 Å². The molecule has 0 saturated carbocycles. The van der Waals surface area contributed by atoms with Crippen LogP contribution in [-0.4, -0.2) is 41.9 Å². The van der Waals surface area contributed by atoms with Gasteiger partial charge in [-0.15, -0.1) is 0 Å². The van der Waals surface area contributed by atoms with E-state index in [1.54, 1.807) is 12.1 Å². The van der Waals surface area contributed by atoms with Crippen molar-refractivity contribution in [2.24, 2.45) is 0 Å². The number of benzene rings is 2. The molecule has 3 rings (SSSR count). The Labute approximate surface area is 136 Å². The maximum absolute atomic E-state index is 13.0. The molecule has 23 heavy (non-hydrogen) atoms. The van der Waals surface area contributed by atoms with Crippen LogP contribution >= 0.6 is 0 Å². The monoisotopic (exact) mass is 312 g/mol. The molecule has 2 aromatic carbocycles. The largest absolute Gasteiger partial charge is 0.337 e. The van der Waals surface area contributed by atoms with E-state index in [4.69, 9.17) is 0 Å². The molecule has 0 atom stereocenters. The van der Waals surface area contributed by atoms with Gasteiger partial charge in [0.15, 0.2) is 0 Å². The lowest BCUT2D eigenvalue weighted by molar-refractivity contribution is 0.0761. The predicted molar refractivity (Wildman–Crippen MR) is 88.6 cm³/mol. The minimum absolute atomic E-state index is 0.00781. The first kappa shape index (κ1) is 15.7. The van der Waals surface area contributed by atoms with Crippen LogP contribution in [0, 0.1) is 5.82 Å². The molecule has 0 unspecified atom stereocenters. The summed E-state index contributed by atoms with van der Waals surface area (Å²) < 4.78 is 13.0. The van der Waals surface area contributed by atoms with Crippen molar-refractivity contribution in [2.75, 3.05) is 26.2 Å². The van der Waals surface area contributed by atoms with E-state index in [-0.39, 0.29) is 11.7 Å². The van der Waals surface area contributed by atoms with Crippen molar-refractivity contribution >= 4 is 5.91 Å². The van der Waals surface area contributed by atoms with E-state index in [9.17, 15) is 9.18 Å². The summed E-state index contributed by atoms with van der Waals surface area (Å²) in [5.41, 5.74) is 1.86. The lowest BCUT2D eigenvalue weighted by atomic mass is 10.2. The first-order chi connectivity index (χ1) is 11.2. The number of hydrogen-bond donors (Lipinski definition) is 0. The molecule has 0 aliphatic carbocycles. The van der Waals surface area contributed by atoms with Gasteiger partial charge in [-0.3, -0.25) is 9.69 Å². The van der Waals surface area contributed by atoms with Crippen molar-refractivity contribution in [1.29, 1.82) is 0 Å². The van der Waals surface area contributed by atoms with E-state index in [0.717, 1.165) is 32.6 Å². The number of nitrogens with zero attached hydrogens (tertiary/aromatic N) is 2. The van der Waals surface area contributed by atoms with E-state index < -0.39 is 0 Å². The Kier molecular flexibility index (Phi) is 5.03. The van der Waals surface area contributed by atoms with Gasteiger partial charge in [-0.1, -0.05) is 30.3 Å². The summed E-state index contributed by atoms with van der Waals surface area (Å²) >= 11 is 0. The standard InChI is InChI=1S/C19H21FN2O/c20-18-9-7-17(8-10-18)19(23)22-12-4-11-21(13-14-22)15-16-5-2-1-3-6-16/h1-3,5-10H,4,11-15H2. The van der Waals surface area contributed by atoms with Gasteiger partial charge in [0.1, 0.15) is 5.82 Å². The lowest BCUT2D eigenvalue weighted by Gasteiger charge is -2.22. The van der Waals surface area contributed by atoms with E-state index in [2.05, 4.69) is 29.2 Å². The zero-order valence-electron chi connectivity index (χ0n) is 13.1. The number of amides is 1. The SMILES string of the molecule is O=C(c1ccc(F)cc1)N1CCCN(Cc2ccccc2)CC1. The summed E-state index contributed by atoms with van der Waals surface area (Å²) in [5.74, 6) is -0.321. The molecule has 1 aliphatic heterocycles. The second-order valence-corrected chi connectivity index (χ2v) is 5.91. The molecule has 0 radical (unpaired) electrons. The van der Waals surface area contributed by atoms with Gasteiger partial charge in [0, 0.05) is 38.3 Å². The van der Waals surface area contributed by atoms with Crippen molar-refractivity contribution in [3.63, 3.8) is 0 Å². The molecule has 1 saturated heterocycles. The van der Waals surface area contributed by atoms with Crippen LogP contribution in [0.2, 0.25) is 0 Å². The maximum atomic E-state index is 13.0. The maximum Gasteiger partial charge on any atom is 0.253 e. The van der Waals surface area contributed by atoms with Crippen LogP contribution < -0.4 is 0 Å². The van der Waals surface area contributed by atoms with Crippen molar-refractivity contribution in [3.05, 3.63) is 71.5 Å². The number of halogens is 1. The summed E-state index contributed by atoms with van der Waals surface area (Å²) in [4.78, 5) is 16.8. The van der Waals surface area contributed by atoms with Gasteiger partial charge in [0.25, 0.3) is 5.91 Å². The minimum Gasteiger partial charge on any atom is -0.337 e. The first-order valence-corrected chi connectivity index (χ1v) is 8.03. The fraction of sp³-hybridized carbons (Fsp3) is 0.316. The average Bonchev–Trinajstić information content (AvgIpc) is 2.81. The van der Waals surface area contributed by atoms with Crippen LogP contribution in [0.3, 0.4) is 0 Å². The molecule has 0 N–H and O–H groups in total. The highest BCUT2D eigenvalue weighted by molar-refractivity contribution is 5.94. The van der Waals surface area contributed by atoms with Crippen LogP contribution in [-0.2, 0) is 6.54 Å². The molecule has 2 aromatic rings. The molecule has 4 heteroatoms. The number of hydrogen-bond acceptors (Lipinski definition) is 2. The quantitative estimate of drug-likeness (QED) is 0.869. The van der Waals surface area contributed by atoms with E-state index in [0.29, 0.717) is 12.1 Å². The van der Waals surface area contributed by atoms with E-state index in [1.807, 2.05) is 11.0 Å². The van der Waals surface area contributed by atoms with E-state index >= 15 is 0 Å². The number of carbonyl (C=O) groups is 1. The second-order valence-electron chi connectivity index (χ2n) is 5.91. The molecule has 1 fully saturated rings. The zero-order chi connectivity index (χ0) is 16.1. The third kappa shape index (κ3) is 4.17. The molecule has 3 nitrogen and oxygen atoms in total. The molecule has 120 valence electrons. The highest BCUT2D eigenvalue weighted by Gasteiger charge is 2.20.